The minimum Gasteiger partial charge on any atom is -0.497 e. The third kappa shape index (κ3) is 5.12. The fourth-order valence-electron chi connectivity index (χ4n) is 4.97. The third-order valence-corrected chi connectivity index (χ3v) is 6.86. The van der Waals surface area contributed by atoms with Crippen molar-refractivity contribution in [3.8, 4) is 5.75 Å². The number of fused-ring (bicyclic) bond motifs is 1. The lowest BCUT2D eigenvalue weighted by Crippen LogP contribution is -2.52. The third-order valence-electron chi connectivity index (χ3n) is 6.86. The predicted octanol–water partition coefficient (Wildman–Crippen LogP) is 3.56. The second kappa shape index (κ2) is 10.4. The summed E-state index contributed by atoms with van der Waals surface area (Å²) in [5, 5.41) is 0. The topological polar surface area (TPSA) is 84.9 Å². The maximum Gasteiger partial charge on any atom is 0.274 e. The van der Waals surface area contributed by atoms with Crippen molar-refractivity contribution in [2.45, 2.75) is 37.8 Å². The summed E-state index contributed by atoms with van der Waals surface area (Å²) in [7, 11) is 1.61. The number of hydrogen-bond acceptors (Lipinski definition) is 6. The van der Waals surface area contributed by atoms with Gasteiger partial charge < -0.3 is 19.3 Å². The van der Waals surface area contributed by atoms with Crippen LogP contribution in [-0.2, 0) is 4.74 Å². The molecular weight excluding hydrogens is 444 g/mol. The number of methoxy groups -OCH3 is 1. The number of hydrogen-bond donors (Lipinski definition) is 0. The molecule has 0 bridgehead atoms. The molecule has 1 aromatic heterocycles. The highest BCUT2D eigenvalue weighted by atomic mass is 16.5. The Morgan fingerprint density at radius 2 is 1.83 bits per heavy atom. The molecule has 0 N–H and O–H groups in total. The van der Waals surface area contributed by atoms with Gasteiger partial charge in [-0.15, -0.1) is 0 Å². The van der Waals surface area contributed by atoms with Gasteiger partial charge in [0.05, 0.1) is 37.1 Å². The summed E-state index contributed by atoms with van der Waals surface area (Å²) in [5.74, 6) is 0.549. The van der Waals surface area contributed by atoms with Gasteiger partial charge in [-0.3, -0.25) is 14.6 Å². The van der Waals surface area contributed by atoms with Gasteiger partial charge in [0.15, 0.2) is 0 Å². The van der Waals surface area contributed by atoms with E-state index in [1.165, 1.54) is 6.20 Å². The Morgan fingerprint density at radius 1 is 1.09 bits per heavy atom. The van der Waals surface area contributed by atoms with E-state index >= 15 is 0 Å². The maximum atomic E-state index is 13.5. The van der Waals surface area contributed by atoms with E-state index in [1.807, 2.05) is 41.3 Å². The van der Waals surface area contributed by atoms with Crippen LogP contribution in [0.25, 0.3) is 11.0 Å². The van der Waals surface area contributed by atoms with E-state index in [1.54, 1.807) is 24.1 Å². The Morgan fingerprint density at radius 3 is 2.57 bits per heavy atom. The Labute approximate surface area is 204 Å². The Bertz CT molecular complexity index is 1190. The van der Waals surface area contributed by atoms with Crippen molar-refractivity contribution in [1.29, 1.82) is 0 Å². The molecule has 1 atom stereocenters. The first-order chi connectivity index (χ1) is 17.1. The Balaban J connectivity index is 1.30. The van der Waals surface area contributed by atoms with Crippen molar-refractivity contribution in [2.75, 3.05) is 33.4 Å². The molecular formula is C27H30N4O4. The minimum absolute atomic E-state index is 0.00741. The van der Waals surface area contributed by atoms with E-state index < -0.39 is 0 Å². The van der Waals surface area contributed by atoms with Crippen LogP contribution in [0, 0.1) is 0 Å². The van der Waals surface area contributed by atoms with Crippen molar-refractivity contribution in [2.24, 2.45) is 0 Å². The number of aromatic nitrogens is 2. The molecule has 1 aliphatic heterocycles. The van der Waals surface area contributed by atoms with E-state index in [-0.39, 0.29) is 24.0 Å². The van der Waals surface area contributed by atoms with Gasteiger partial charge in [-0.25, -0.2) is 4.98 Å². The zero-order chi connectivity index (χ0) is 24.2. The highest BCUT2D eigenvalue weighted by Gasteiger charge is 2.33. The molecule has 2 fully saturated rings. The van der Waals surface area contributed by atoms with E-state index in [0.29, 0.717) is 43.0 Å². The first kappa shape index (κ1) is 23.2. The largest absolute Gasteiger partial charge is 0.497 e. The number of carbonyl (C=O) groups is 2. The van der Waals surface area contributed by atoms with Crippen LogP contribution in [0.1, 0.15) is 46.5 Å². The number of morpholine rings is 1. The number of nitrogens with zero attached hydrogens (tertiary/aromatic N) is 4. The van der Waals surface area contributed by atoms with Crippen molar-refractivity contribution in [3.05, 3.63) is 66.0 Å². The van der Waals surface area contributed by atoms with Gasteiger partial charge in [0.25, 0.3) is 11.8 Å². The smallest absolute Gasteiger partial charge is 0.274 e. The van der Waals surface area contributed by atoms with Gasteiger partial charge in [0.1, 0.15) is 11.4 Å². The Kier molecular flexibility index (Phi) is 6.90. The summed E-state index contributed by atoms with van der Waals surface area (Å²) in [4.78, 5) is 39.3. The van der Waals surface area contributed by atoms with E-state index in [4.69, 9.17) is 9.47 Å². The summed E-state index contributed by atoms with van der Waals surface area (Å²) >= 11 is 0. The molecule has 1 unspecified atom stereocenters. The molecule has 8 nitrogen and oxygen atoms in total. The standard InChI is InChI=1S/C27H30N4O4/c1-34-21-12-10-19(11-13-21)26(32)31(20-6-2-3-7-20)18-22-17-30(14-15-35-22)27(33)25-16-28-23-8-4-5-9-24(23)29-25/h4-5,8-13,16,20,22H,2-3,6-7,14-15,17-18H2,1H3. The summed E-state index contributed by atoms with van der Waals surface area (Å²) in [6.07, 6.45) is 5.49. The number of rotatable bonds is 6. The summed E-state index contributed by atoms with van der Waals surface area (Å²) in [6, 6.07) is 14.9. The van der Waals surface area contributed by atoms with Gasteiger partial charge >= 0.3 is 0 Å². The first-order valence-electron chi connectivity index (χ1n) is 12.2. The quantitative estimate of drug-likeness (QED) is 0.543. The minimum atomic E-state index is -0.260. The van der Waals surface area contributed by atoms with E-state index in [9.17, 15) is 9.59 Å². The SMILES string of the molecule is COc1ccc(C(=O)N(CC2CN(C(=O)c3cnc4ccccc4n3)CCO2)C2CCCC2)cc1. The molecule has 0 spiro atoms. The monoisotopic (exact) mass is 474 g/mol. The second-order valence-corrected chi connectivity index (χ2v) is 9.11. The summed E-state index contributed by atoms with van der Waals surface area (Å²) < 4.78 is 11.3. The number of benzene rings is 2. The Hall–Kier alpha value is -3.52. The first-order valence-corrected chi connectivity index (χ1v) is 12.2. The lowest BCUT2D eigenvalue weighted by molar-refractivity contribution is -0.0372. The average Bonchev–Trinajstić information content (AvgIpc) is 3.45. The molecule has 2 heterocycles. The number of amides is 2. The van der Waals surface area contributed by atoms with Gasteiger partial charge in [-0.1, -0.05) is 25.0 Å². The van der Waals surface area contributed by atoms with E-state index in [2.05, 4.69) is 9.97 Å². The van der Waals surface area contributed by atoms with Gasteiger partial charge in [-0.05, 0) is 49.2 Å². The molecule has 3 aromatic rings. The molecule has 2 aromatic carbocycles. The number of carbonyl (C=O) groups excluding carboxylic acids is 2. The molecule has 0 radical (unpaired) electrons. The molecule has 8 heteroatoms. The zero-order valence-electron chi connectivity index (χ0n) is 19.9. The van der Waals surface area contributed by atoms with Crippen molar-refractivity contribution in [1.82, 2.24) is 19.8 Å². The van der Waals surface area contributed by atoms with Crippen LogP contribution in [-0.4, -0.2) is 77.1 Å². The van der Waals surface area contributed by atoms with Crippen LogP contribution < -0.4 is 4.74 Å². The van der Waals surface area contributed by atoms with Crippen LogP contribution >= 0.6 is 0 Å². The predicted molar refractivity (Wildman–Crippen MR) is 131 cm³/mol. The lowest BCUT2D eigenvalue weighted by Gasteiger charge is -2.37. The normalized spacial score (nSPS) is 18.5. The summed E-state index contributed by atoms with van der Waals surface area (Å²) in [5.41, 5.74) is 2.41. The van der Waals surface area contributed by atoms with Crippen molar-refractivity contribution >= 4 is 22.8 Å². The maximum absolute atomic E-state index is 13.5. The molecule has 1 saturated carbocycles. The van der Waals surface area contributed by atoms with Crippen LogP contribution in [0.2, 0.25) is 0 Å². The van der Waals surface area contributed by atoms with Crippen LogP contribution in [0.5, 0.6) is 5.75 Å². The molecule has 182 valence electrons. The number of ether oxygens (including phenoxy) is 2. The van der Waals surface area contributed by atoms with Crippen LogP contribution in [0.15, 0.2) is 54.7 Å². The summed E-state index contributed by atoms with van der Waals surface area (Å²) in [6.45, 7) is 1.77. The molecule has 2 aliphatic rings. The second-order valence-electron chi connectivity index (χ2n) is 9.11. The average molecular weight is 475 g/mol. The highest BCUT2D eigenvalue weighted by molar-refractivity contribution is 5.95. The molecule has 1 aliphatic carbocycles. The van der Waals surface area contributed by atoms with Crippen molar-refractivity contribution < 1.29 is 19.1 Å². The molecule has 2 amide bonds. The van der Waals surface area contributed by atoms with Gasteiger partial charge in [0.2, 0.25) is 0 Å². The molecule has 35 heavy (non-hydrogen) atoms. The highest BCUT2D eigenvalue weighted by Crippen LogP contribution is 2.26. The fraction of sp³-hybridized carbons (Fsp3) is 0.407. The fourth-order valence-corrected chi connectivity index (χ4v) is 4.97. The van der Waals surface area contributed by atoms with Crippen LogP contribution in [0.4, 0.5) is 0 Å². The number of para-hydroxylation sites is 2. The molecule has 1 saturated heterocycles. The van der Waals surface area contributed by atoms with Crippen molar-refractivity contribution in [3.63, 3.8) is 0 Å². The lowest BCUT2D eigenvalue weighted by atomic mass is 10.1. The van der Waals surface area contributed by atoms with Crippen LogP contribution in [0.3, 0.4) is 0 Å². The zero-order valence-corrected chi connectivity index (χ0v) is 19.9. The van der Waals surface area contributed by atoms with Gasteiger partial charge in [0, 0.05) is 31.2 Å². The van der Waals surface area contributed by atoms with E-state index in [0.717, 1.165) is 36.9 Å². The molecule has 5 rings (SSSR count). The van der Waals surface area contributed by atoms with Gasteiger partial charge in [-0.2, -0.15) is 0 Å².